The summed E-state index contributed by atoms with van der Waals surface area (Å²) in [5.74, 6) is -1.79. The second-order valence-electron chi connectivity index (χ2n) is 5.11. The number of benzene rings is 1. The zero-order valence-corrected chi connectivity index (χ0v) is 11.1. The molecular weight excluding hydrogens is 262 g/mol. The van der Waals surface area contributed by atoms with Crippen LogP contribution in [-0.2, 0) is 4.79 Å². The fourth-order valence-corrected chi connectivity index (χ4v) is 2.97. The number of aliphatic hydroxyl groups excluding tert-OH is 1. The molecule has 0 aromatic heterocycles. The maximum absolute atomic E-state index is 11.8. The van der Waals surface area contributed by atoms with Crippen molar-refractivity contribution in [3.05, 3.63) is 35.9 Å². The first-order chi connectivity index (χ1) is 9.39. The molecule has 1 saturated heterocycles. The standard InChI is InChI=1S/C14H17NO5/c1-9(10-5-3-2-4-6-10)14(12(17)18)7-11(16)8-15(14)13(19)20/h2-6,9,11,16H,7-8H2,1H3,(H,17,18)(H,19,20)/t9?,11-,14+/m1/s1. The Morgan fingerprint density at radius 3 is 2.40 bits per heavy atom. The summed E-state index contributed by atoms with van der Waals surface area (Å²) in [5.41, 5.74) is -0.901. The monoisotopic (exact) mass is 279 g/mol. The van der Waals surface area contributed by atoms with E-state index in [1.165, 1.54) is 0 Å². The molecule has 0 radical (unpaired) electrons. The largest absolute Gasteiger partial charge is 0.479 e. The van der Waals surface area contributed by atoms with Crippen molar-refractivity contribution in [2.24, 2.45) is 0 Å². The fourth-order valence-electron chi connectivity index (χ4n) is 2.97. The Kier molecular flexibility index (Phi) is 3.67. The molecular formula is C14H17NO5. The number of β-amino-alcohol motifs (C(OH)–C–C–N with tert-alkyl or cyclic N) is 1. The zero-order chi connectivity index (χ0) is 14.9. The molecule has 0 spiro atoms. The van der Waals surface area contributed by atoms with Crippen LogP contribution in [0.5, 0.6) is 0 Å². The van der Waals surface area contributed by atoms with Gasteiger partial charge < -0.3 is 15.3 Å². The Bertz CT molecular complexity index is 518. The van der Waals surface area contributed by atoms with Gasteiger partial charge in [-0.1, -0.05) is 37.3 Å². The summed E-state index contributed by atoms with van der Waals surface area (Å²) in [5, 5.41) is 28.6. The minimum absolute atomic E-state index is 0.106. The van der Waals surface area contributed by atoms with Crippen LogP contribution in [0, 0.1) is 0 Å². The van der Waals surface area contributed by atoms with E-state index in [0.717, 1.165) is 10.5 Å². The predicted octanol–water partition coefficient (Wildman–Crippen LogP) is 1.36. The van der Waals surface area contributed by atoms with Gasteiger partial charge in [-0.2, -0.15) is 0 Å². The topological polar surface area (TPSA) is 98.1 Å². The highest BCUT2D eigenvalue weighted by atomic mass is 16.4. The van der Waals surface area contributed by atoms with Crippen molar-refractivity contribution in [1.82, 2.24) is 4.90 Å². The molecule has 3 atom stereocenters. The SMILES string of the molecule is CC(c1ccccc1)[C@]1(C(=O)O)C[C@@H](O)CN1C(=O)O. The third-order valence-corrected chi connectivity index (χ3v) is 4.04. The molecule has 20 heavy (non-hydrogen) atoms. The van der Waals surface area contributed by atoms with Crippen LogP contribution in [0.2, 0.25) is 0 Å². The summed E-state index contributed by atoms with van der Waals surface area (Å²) in [4.78, 5) is 24.0. The third kappa shape index (κ3) is 2.12. The Morgan fingerprint density at radius 2 is 1.90 bits per heavy atom. The van der Waals surface area contributed by atoms with E-state index in [2.05, 4.69) is 0 Å². The van der Waals surface area contributed by atoms with Crippen LogP contribution >= 0.6 is 0 Å². The van der Waals surface area contributed by atoms with Gasteiger partial charge in [0.2, 0.25) is 0 Å². The van der Waals surface area contributed by atoms with Crippen LogP contribution in [0.4, 0.5) is 4.79 Å². The minimum Gasteiger partial charge on any atom is -0.479 e. The van der Waals surface area contributed by atoms with Crippen molar-refractivity contribution in [3.8, 4) is 0 Å². The van der Waals surface area contributed by atoms with Crippen molar-refractivity contribution < 1.29 is 24.9 Å². The van der Waals surface area contributed by atoms with Gasteiger partial charge in [-0.25, -0.2) is 9.59 Å². The molecule has 1 amide bonds. The Balaban J connectivity index is 2.49. The number of carboxylic acid groups (broad SMARTS) is 2. The highest BCUT2D eigenvalue weighted by molar-refractivity contribution is 5.86. The Hall–Kier alpha value is -2.08. The average Bonchev–Trinajstić information content (AvgIpc) is 2.78. The van der Waals surface area contributed by atoms with Crippen LogP contribution in [0.1, 0.15) is 24.8 Å². The molecule has 1 aromatic carbocycles. The summed E-state index contributed by atoms with van der Waals surface area (Å²) < 4.78 is 0. The van der Waals surface area contributed by atoms with Crippen LogP contribution in [-0.4, -0.2) is 50.5 Å². The van der Waals surface area contributed by atoms with E-state index in [1.807, 2.05) is 6.07 Å². The average molecular weight is 279 g/mol. The fraction of sp³-hybridized carbons (Fsp3) is 0.429. The lowest BCUT2D eigenvalue weighted by Crippen LogP contribution is -2.56. The third-order valence-electron chi connectivity index (χ3n) is 4.04. The second kappa shape index (κ2) is 5.13. The zero-order valence-electron chi connectivity index (χ0n) is 11.1. The lowest BCUT2D eigenvalue weighted by Gasteiger charge is -2.37. The van der Waals surface area contributed by atoms with E-state index in [1.54, 1.807) is 31.2 Å². The number of nitrogens with zero attached hydrogens (tertiary/aromatic N) is 1. The van der Waals surface area contributed by atoms with E-state index in [0.29, 0.717) is 0 Å². The molecule has 6 nitrogen and oxygen atoms in total. The lowest BCUT2D eigenvalue weighted by atomic mass is 9.78. The number of aliphatic carboxylic acids is 1. The lowest BCUT2D eigenvalue weighted by molar-refractivity contribution is -0.150. The normalized spacial score (nSPS) is 27.3. The summed E-state index contributed by atoms with van der Waals surface area (Å²) in [6.45, 7) is 1.50. The van der Waals surface area contributed by atoms with Crippen LogP contribution < -0.4 is 0 Å². The molecule has 0 saturated carbocycles. The van der Waals surface area contributed by atoms with Gasteiger partial charge in [0.25, 0.3) is 0 Å². The summed E-state index contributed by atoms with van der Waals surface area (Å²) in [7, 11) is 0. The van der Waals surface area contributed by atoms with Crippen LogP contribution in [0.3, 0.4) is 0 Å². The van der Waals surface area contributed by atoms with Gasteiger partial charge in [-0.3, -0.25) is 4.90 Å². The molecule has 2 rings (SSSR count). The van der Waals surface area contributed by atoms with Crippen molar-refractivity contribution >= 4 is 12.1 Å². The van der Waals surface area contributed by atoms with Crippen molar-refractivity contribution in [2.45, 2.75) is 30.9 Å². The van der Waals surface area contributed by atoms with Crippen LogP contribution in [0.25, 0.3) is 0 Å². The maximum atomic E-state index is 11.8. The number of aliphatic hydroxyl groups is 1. The number of carboxylic acids is 1. The van der Waals surface area contributed by atoms with E-state index < -0.39 is 29.6 Å². The predicted molar refractivity (Wildman–Crippen MR) is 70.6 cm³/mol. The number of carbonyl (C=O) groups is 2. The first-order valence-corrected chi connectivity index (χ1v) is 6.36. The summed E-state index contributed by atoms with van der Waals surface area (Å²) in [6, 6.07) is 8.89. The maximum Gasteiger partial charge on any atom is 0.408 e. The van der Waals surface area contributed by atoms with Gasteiger partial charge in [0.1, 0.15) is 0 Å². The molecule has 3 N–H and O–H groups in total. The number of hydrogen-bond acceptors (Lipinski definition) is 3. The Labute approximate surface area is 116 Å². The summed E-state index contributed by atoms with van der Waals surface area (Å²) in [6.07, 6.45) is -2.40. The van der Waals surface area contributed by atoms with Gasteiger partial charge in [0.15, 0.2) is 5.54 Å². The molecule has 1 aromatic rings. The number of amides is 1. The molecule has 1 heterocycles. The summed E-state index contributed by atoms with van der Waals surface area (Å²) >= 11 is 0. The highest BCUT2D eigenvalue weighted by Gasteiger charge is 2.57. The van der Waals surface area contributed by atoms with E-state index in [4.69, 9.17) is 0 Å². The van der Waals surface area contributed by atoms with Gasteiger partial charge in [-0.05, 0) is 5.56 Å². The second-order valence-corrected chi connectivity index (χ2v) is 5.11. The number of likely N-dealkylation sites (tertiary alicyclic amines) is 1. The van der Waals surface area contributed by atoms with Crippen molar-refractivity contribution in [2.75, 3.05) is 6.54 Å². The van der Waals surface area contributed by atoms with Gasteiger partial charge >= 0.3 is 12.1 Å². The van der Waals surface area contributed by atoms with E-state index in [9.17, 15) is 24.9 Å². The number of hydrogen-bond donors (Lipinski definition) is 3. The first-order valence-electron chi connectivity index (χ1n) is 6.36. The minimum atomic E-state index is -1.63. The van der Waals surface area contributed by atoms with Gasteiger partial charge in [0, 0.05) is 12.3 Å². The van der Waals surface area contributed by atoms with Gasteiger partial charge in [0.05, 0.1) is 12.6 Å². The van der Waals surface area contributed by atoms with Crippen molar-refractivity contribution in [1.29, 1.82) is 0 Å². The highest BCUT2D eigenvalue weighted by Crippen LogP contribution is 2.41. The van der Waals surface area contributed by atoms with E-state index >= 15 is 0 Å². The number of rotatable bonds is 3. The molecule has 0 bridgehead atoms. The quantitative estimate of drug-likeness (QED) is 0.776. The van der Waals surface area contributed by atoms with Gasteiger partial charge in [-0.15, -0.1) is 0 Å². The molecule has 1 unspecified atom stereocenters. The smallest absolute Gasteiger partial charge is 0.408 e. The molecule has 1 fully saturated rings. The first kappa shape index (κ1) is 14.3. The Morgan fingerprint density at radius 1 is 1.30 bits per heavy atom. The van der Waals surface area contributed by atoms with Crippen molar-refractivity contribution in [3.63, 3.8) is 0 Å². The molecule has 6 heteroatoms. The molecule has 1 aliphatic heterocycles. The molecule has 1 aliphatic rings. The van der Waals surface area contributed by atoms with E-state index in [-0.39, 0.29) is 13.0 Å². The molecule has 0 aliphatic carbocycles. The molecule has 108 valence electrons. The van der Waals surface area contributed by atoms with Crippen LogP contribution in [0.15, 0.2) is 30.3 Å².